The van der Waals surface area contributed by atoms with Gasteiger partial charge in [0.15, 0.2) is 5.12 Å². The van der Waals surface area contributed by atoms with Crippen LogP contribution < -0.4 is 10.6 Å². The molecule has 9 heteroatoms. The molecule has 1 aromatic rings. The lowest BCUT2D eigenvalue weighted by atomic mass is 10.1. The number of ether oxygens (including phenoxy) is 1. The van der Waals surface area contributed by atoms with E-state index in [9.17, 15) is 19.3 Å². The van der Waals surface area contributed by atoms with E-state index in [4.69, 9.17) is 0 Å². The number of carbonyl (C=O) groups is 3. The highest BCUT2D eigenvalue weighted by molar-refractivity contribution is 8.13. The number of carbonyl (C=O) groups excluding carboxylic acids is 3. The highest BCUT2D eigenvalue weighted by atomic mass is 32.2. The maximum atomic E-state index is 12.0. The standard InChI is InChI=1S/C15H19N3O5S/c1-9(18-22)11-4-6-12(7-5-11)16-15(21)17-13(14(20)23-3)8-24-10(2)19/h4-7,9,13H,8H2,1-3H3,(H2,16,17,21). The van der Waals surface area contributed by atoms with E-state index >= 15 is 0 Å². The molecule has 0 spiro atoms. The summed E-state index contributed by atoms with van der Waals surface area (Å²) < 4.78 is 4.60. The molecule has 0 bridgehead atoms. The Morgan fingerprint density at radius 2 is 1.88 bits per heavy atom. The Kier molecular flexibility index (Phi) is 7.90. The summed E-state index contributed by atoms with van der Waals surface area (Å²) in [7, 11) is 1.20. The number of nitrogens with zero attached hydrogens (tertiary/aromatic N) is 1. The number of hydrogen-bond donors (Lipinski definition) is 2. The lowest BCUT2D eigenvalue weighted by molar-refractivity contribution is -0.142. The minimum atomic E-state index is -0.942. The van der Waals surface area contributed by atoms with Gasteiger partial charge in [0.05, 0.1) is 7.11 Å². The molecule has 24 heavy (non-hydrogen) atoms. The van der Waals surface area contributed by atoms with Crippen LogP contribution in [0.3, 0.4) is 0 Å². The Morgan fingerprint density at radius 1 is 1.25 bits per heavy atom. The minimum Gasteiger partial charge on any atom is -0.467 e. The monoisotopic (exact) mass is 353 g/mol. The molecule has 1 aromatic carbocycles. The first-order chi connectivity index (χ1) is 11.4. The first-order valence-corrected chi connectivity index (χ1v) is 8.07. The van der Waals surface area contributed by atoms with Gasteiger partial charge in [-0.25, -0.2) is 9.59 Å². The van der Waals surface area contributed by atoms with Crippen LogP contribution in [0.2, 0.25) is 0 Å². The highest BCUT2D eigenvalue weighted by Gasteiger charge is 2.22. The third-order valence-corrected chi connectivity index (χ3v) is 3.96. The van der Waals surface area contributed by atoms with Gasteiger partial charge in [0.25, 0.3) is 0 Å². The lowest BCUT2D eigenvalue weighted by Crippen LogP contribution is -2.45. The quantitative estimate of drug-likeness (QED) is 0.575. The summed E-state index contributed by atoms with van der Waals surface area (Å²) in [4.78, 5) is 45.1. The number of esters is 1. The van der Waals surface area contributed by atoms with Gasteiger partial charge in [-0.05, 0) is 24.6 Å². The summed E-state index contributed by atoms with van der Waals surface area (Å²) in [5, 5.41) is 7.77. The van der Waals surface area contributed by atoms with Crippen molar-refractivity contribution in [3.63, 3.8) is 0 Å². The average molecular weight is 353 g/mol. The normalized spacial score (nSPS) is 12.6. The molecule has 130 valence electrons. The van der Waals surface area contributed by atoms with Crippen molar-refractivity contribution in [1.82, 2.24) is 5.32 Å². The van der Waals surface area contributed by atoms with Crippen LogP contribution in [0.15, 0.2) is 29.4 Å². The zero-order valence-corrected chi connectivity index (χ0v) is 14.4. The number of benzene rings is 1. The summed E-state index contributed by atoms with van der Waals surface area (Å²) in [6.07, 6.45) is 0. The Hall–Kier alpha value is -2.42. The molecule has 2 atom stereocenters. The minimum absolute atomic E-state index is 0.0802. The maximum absolute atomic E-state index is 12.0. The molecule has 8 nitrogen and oxygen atoms in total. The van der Waals surface area contributed by atoms with Gasteiger partial charge in [0.1, 0.15) is 12.1 Å². The van der Waals surface area contributed by atoms with Gasteiger partial charge in [-0.3, -0.25) is 4.79 Å². The summed E-state index contributed by atoms with van der Waals surface area (Å²) in [6.45, 7) is 3.03. The predicted molar refractivity (Wildman–Crippen MR) is 91.7 cm³/mol. The molecule has 0 radical (unpaired) electrons. The van der Waals surface area contributed by atoms with Crippen molar-refractivity contribution >= 4 is 34.6 Å². The van der Waals surface area contributed by atoms with Crippen molar-refractivity contribution in [2.45, 2.75) is 25.9 Å². The fourth-order valence-electron chi connectivity index (χ4n) is 1.74. The number of rotatable bonds is 7. The topological polar surface area (TPSA) is 114 Å². The van der Waals surface area contributed by atoms with E-state index < -0.39 is 24.1 Å². The van der Waals surface area contributed by atoms with E-state index in [0.29, 0.717) is 5.69 Å². The molecule has 0 saturated carbocycles. The largest absolute Gasteiger partial charge is 0.467 e. The van der Waals surface area contributed by atoms with Gasteiger partial charge in [-0.2, -0.15) is 4.91 Å². The average Bonchev–Trinajstić information content (AvgIpc) is 2.57. The molecular weight excluding hydrogens is 334 g/mol. The van der Waals surface area contributed by atoms with Gasteiger partial charge in [0.2, 0.25) is 0 Å². The Balaban J connectivity index is 2.66. The van der Waals surface area contributed by atoms with Crippen molar-refractivity contribution in [2.24, 2.45) is 5.18 Å². The Morgan fingerprint density at radius 3 is 2.38 bits per heavy atom. The number of hydrogen-bond acceptors (Lipinski definition) is 7. The number of thioether (sulfide) groups is 1. The van der Waals surface area contributed by atoms with Crippen molar-refractivity contribution < 1.29 is 19.1 Å². The third kappa shape index (κ3) is 6.37. The van der Waals surface area contributed by atoms with Crippen molar-refractivity contribution in [2.75, 3.05) is 18.2 Å². The zero-order chi connectivity index (χ0) is 18.1. The second kappa shape index (κ2) is 9.66. The van der Waals surface area contributed by atoms with Gasteiger partial charge < -0.3 is 15.4 Å². The smallest absolute Gasteiger partial charge is 0.329 e. The van der Waals surface area contributed by atoms with Crippen molar-refractivity contribution in [3.05, 3.63) is 34.7 Å². The molecule has 0 heterocycles. The number of anilines is 1. The fourth-order valence-corrected chi connectivity index (χ4v) is 2.36. The zero-order valence-electron chi connectivity index (χ0n) is 13.6. The van der Waals surface area contributed by atoms with Crippen LogP contribution in [0.25, 0.3) is 0 Å². The molecule has 0 aliphatic heterocycles. The molecule has 0 aliphatic carbocycles. The molecular formula is C15H19N3O5S. The second-order valence-electron chi connectivity index (χ2n) is 4.88. The molecule has 2 N–H and O–H groups in total. The lowest BCUT2D eigenvalue weighted by Gasteiger charge is -2.16. The SMILES string of the molecule is COC(=O)C(CSC(C)=O)NC(=O)Nc1ccc(C(C)N=O)cc1. The number of nitroso groups, excluding NO2 is 1. The van der Waals surface area contributed by atoms with E-state index in [0.717, 1.165) is 17.3 Å². The molecule has 2 unspecified atom stereocenters. The van der Waals surface area contributed by atoms with Gasteiger partial charge in [-0.1, -0.05) is 29.1 Å². The van der Waals surface area contributed by atoms with Crippen molar-refractivity contribution in [1.29, 1.82) is 0 Å². The van der Waals surface area contributed by atoms with Gasteiger partial charge in [0, 0.05) is 18.4 Å². The number of urea groups is 1. The summed E-state index contributed by atoms with van der Waals surface area (Å²) >= 11 is 0.917. The molecule has 1 rings (SSSR count). The van der Waals surface area contributed by atoms with Gasteiger partial charge >= 0.3 is 12.0 Å². The summed E-state index contributed by atoms with van der Waals surface area (Å²) in [5.74, 6) is -0.559. The number of amides is 2. The van der Waals surface area contributed by atoms with Crippen LogP contribution in [0.5, 0.6) is 0 Å². The van der Waals surface area contributed by atoms with E-state index in [-0.39, 0.29) is 10.9 Å². The van der Waals surface area contributed by atoms with E-state index in [1.165, 1.54) is 14.0 Å². The molecule has 2 amide bonds. The van der Waals surface area contributed by atoms with Gasteiger partial charge in [-0.15, -0.1) is 0 Å². The molecule has 0 saturated heterocycles. The predicted octanol–water partition coefficient (Wildman–Crippen LogP) is 2.46. The third-order valence-electron chi connectivity index (χ3n) is 3.05. The summed E-state index contributed by atoms with van der Waals surface area (Å²) in [6, 6.07) is 4.56. The second-order valence-corrected chi connectivity index (χ2v) is 6.08. The van der Waals surface area contributed by atoms with Crippen LogP contribution in [-0.4, -0.2) is 36.0 Å². The maximum Gasteiger partial charge on any atom is 0.329 e. The van der Waals surface area contributed by atoms with Crippen LogP contribution >= 0.6 is 11.8 Å². The molecule has 0 fully saturated rings. The molecule has 0 aliphatic rings. The number of methoxy groups -OCH3 is 1. The fraction of sp³-hybridized carbons (Fsp3) is 0.400. The van der Waals surface area contributed by atoms with Crippen LogP contribution in [0.4, 0.5) is 10.5 Å². The Bertz CT molecular complexity index is 606. The molecule has 0 aromatic heterocycles. The summed E-state index contributed by atoms with van der Waals surface area (Å²) in [5.41, 5.74) is 1.21. The van der Waals surface area contributed by atoms with Crippen LogP contribution in [0, 0.1) is 4.91 Å². The highest BCUT2D eigenvalue weighted by Crippen LogP contribution is 2.18. The van der Waals surface area contributed by atoms with E-state index in [1.807, 2.05) is 0 Å². The number of nitrogens with one attached hydrogen (secondary N) is 2. The van der Waals surface area contributed by atoms with Crippen LogP contribution in [-0.2, 0) is 14.3 Å². The van der Waals surface area contributed by atoms with Crippen molar-refractivity contribution in [3.8, 4) is 0 Å². The Labute approximate surface area is 143 Å². The first kappa shape index (κ1) is 19.6. The van der Waals surface area contributed by atoms with Crippen LogP contribution in [0.1, 0.15) is 25.5 Å². The first-order valence-electron chi connectivity index (χ1n) is 7.08. The van der Waals surface area contributed by atoms with E-state index in [1.54, 1.807) is 31.2 Å². The van der Waals surface area contributed by atoms with E-state index in [2.05, 4.69) is 20.5 Å².